The molecule has 2 aromatic carbocycles. The van der Waals surface area contributed by atoms with Gasteiger partial charge in [-0.15, -0.1) is 0 Å². The molecule has 0 N–H and O–H groups in total. The van der Waals surface area contributed by atoms with Crippen molar-refractivity contribution in [2.45, 2.75) is 38.0 Å². The van der Waals surface area contributed by atoms with E-state index in [1.807, 2.05) is 0 Å². The van der Waals surface area contributed by atoms with Gasteiger partial charge in [-0.05, 0) is 41.2 Å². The molecule has 2 aromatic rings. The second kappa shape index (κ2) is 4.29. The van der Waals surface area contributed by atoms with Crippen LogP contribution < -0.4 is 0 Å². The van der Waals surface area contributed by atoms with Gasteiger partial charge in [-0.25, -0.2) is 0 Å². The molecule has 1 aliphatic carbocycles. The van der Waals surface area contributed by atoms with Crippen LogP contribution in [0.2, 0.25) is 0 Å². The summed E-state index contributed by atoms with van der Waals surface area (Å²) < 4.78 is 0. The lowest BCUT2D eigenvalue weighted by Crippen LogP contribution is -2.04. The molecule has 0 bridgehead atoms. The SMILES string of the molecule is [c]1ccc(C2CCCCC2)c2ccccc12. The molecule has 0 nitrogen and oxygen atoms in total. The van der Waals surface area contributed by atoms with E-state index in [1.165, 1.54) is 42.9 Å². The van der Waals surface area contributed by atoms with E-state index in [2.05, 4.69) is 42.5 Å². The van der Waals surface area contributed by atoms with Gasteiger partial charge in [0, 0.05) is 0 Å². The van der Waals surface area contributed by atoms with Crippen LogP contribution in [0.3, 0.4) is 0 Å². The van der Waals surface area contributed by atoms with Gasteiger partial charge in [0.25, 0.3) is 0 Å². The summed E-state index contributed by atoms with van der Waals surface area (Å²) in [6, 6.07) is 16.4. The van der Waals surface area contributed by atoms with Crippen molar-refractivity contribution < 1.29 is 0 Å². The molecule has 1 fully saturated rings. The van der Waals surface area contributed by atoms with Crippen molar-refractivity contribution in [3.63, 3.8) is 0 Å². The smallest absolute Gasteiger partial charge is 0.00990 e. The minimum Gasteiger partial charge on any atom is -0.0616 e. The van der Waals surface area contributed by atoms with Crippen molar-refractivity contribution >= 4 is 10.8 Å². The second-order valence-corrected chi connectivity index (χ2v) is 4.81. The summed E-state index contributed by atoms with van der Waals surface area (Å²) in [5.74, 6) is 0.785. The van der Waals surface area contributed by atoms with Crippen LogP contribution >= 0.6 is 0 Å². The lowest BCUT2D eigenvalue weighted by atomic mass is 9.82. The molecular formula is C16H17. The Morgan fingerprint density at radius 2 is 1.75 bits per heavy atom. The van der Waals surface area contributed by atoms with E-state index in [1.54, 1.807) is 5.56 Å². The van der Waals surface area contributed by atoms with Gasteiger partial charge in [0.15, 0.2) is 0 Å². The minimum absolute atomic E-state index is 0.785. The maximum absolute atomic E-state index is 3.33. The Kier molecular flexibility index (Phi) is 2.65. The van der Waals surface area contributed by atoms with Crippen LogP contribution in [0.1, 0.15) is 43.6 Å². The normalized spacial score (nSPS) is 17.8. The van der Waals surface area contributed by atoms with Crippen LogP contribution in [0, 0.1) is 6.07 Å². The Balaban J connectivity index is 2.08. The quantitative estimate of drug-likeness (QED) is 0.639. The third-order valence-corrected chi connectivity index (χ3v) is 3.78. The highest BCUT2D eigenvalue weighted by atomic mass is 14.2. The average molecular weight is 209 g/mol. The van der Waals surface area contributed by atoms with Gasteiger partial charge in [0.1, 0.15) is 0 Å². The summed E-state index contributed by atoms with van der Waals surface area (Å²) in [7, 11) is 0. The lowest BCUT2D eigenvalue weighted by Gasteiger charge is -2.23. The first-order chi connectivity index (χ1) is 7.95. The highest BCUT2D eigenvalue weighted by molar-refractivity contribution is 5.85. The molecule has 1 saturated carbocycles. The highest BCUT2D eigenvalue weighted by Gasteiger charge is 2.16. The predicted molar refractivity (Wildman–Crippen MR) is 68.6 cm³/mol. The average Bonchev–Trinajstić information content (AvgIpc) is 2.39. The molecule has 1 radical (unpaired) electrons. The number of fused-ring (bicyclic) bond motifs is 1. The zero-order valence-electron chi connectivity index (χ0n) is 9.58. The molecule has 0 heteroatoms. The fourth-order valence-electron chi connectivity index (χ4n) is 2.94. The molecular weight excluding hydrogens is 192 g/mol. The summed E-state index contributed by atoms with van der Waals surface area (Å²) in [6.45, 7) is 0. The van der Waals surface area contributed by atoms with E-state index in [9.17, 15) is 0 Å². The van der Waals surface area contributed by atoms with Gasteiger partial charge >= 0.3 is 0 Å². The summed E-state index contributed by atoms with van der Waals surface area (Å²) in [6.07, 6.45) is 6.96. The zero-order valence-corrected chi connectivity index (χ0v) is 9.58. The molecule has 0 amide bonds. The Morgan fingerprint density at radius 1 is 0.938 bits per heavy atom. The number of rotatable bonds is 1. The minimum atomic E-state index is 0.785. The molecule has 1 aliphatic rings. The first-order valence-electron chi connectivity index (χ1n) is 6.34. The molecule has 0 spiro atoms. The molecule has 3 rings (SSSR count). The van der Waals surface area contributed by atoms with Crippen molar-refractivity contribution in [3.8, 4) is 0 Å². The van der Waals surface area contributed by atoms with Crippen LogP contribution in [-0.2, 0) is 0 Å². The monoisotopic (exact) mass is 209 g/mol. The summed E-state index contributed by atoms with van der Waals surface area (Å²) >= 11 is 0. The van der Waals surface area contributed by atoms with Crippen molar-refractivity contribution in [1.29, 1.82) is 0 Å². The van der Waals surface area contributed by atoms with E-state index in [-0.39, 0.29) is 0 Å². The lowest BCUT2D eigenvalue weighted by molar-refractivity contribution is 0.445. The van der Waals surface area contributed by atoms with Crippen molar-refractivity contribution in [2.75, 3.05) is 0 Å². The maximum Gasteiger partial charge on any atom is -0.00990 e. The molecule has 16 heavy (non-hydrogen) atoms. The van der Waals surface area contributed by atoms with Crippen LogP contribution in [0.15, 0.2) is 36.4 Å². The van der Waals surface area contributed by atoms with Crippen LogP contribution in [0.5, 0.6) is 0 Å². The Bertz CT molecular complexity index is 473. The third-order valence-electron chi connectivity index (χ3n) is 3.78. The number of hydrogen-bond donors (Lipinski definition) is 0. The summed E-state index contributed by atoms with van der Waals surface area (Å²) in [5, 5.41) is 2.68. The largest absolute Gasteiger partial charge is 0.0616 e. The molecule has 0 aromatic heterocycles. The summed E-state index contributed by atoms with van der Waals surface area (Å²) in [4.78, 5) is 0. The van der Waals surface area contributed by atoms with Gasteiger partial charge in [0.2, 0.25) is 0 Å². The van der Waals surface area contributed by atoms with Crippen LogP contribution in [0.25, 0.3) is 10.8 Å². The standard InChI is InChI=1S/C16H17/c1-2-7-13(8-3-1)16-12-6-10-14-9-4-5-11-15(14)16/h4-6,9,11-13H,1-3,7-8H2. The molecule has 81 valence electrons. The number of benzene rings is 2. The predicted octanol–water partition coefficient (Wildman–Crippen LogP) is 4.69. The van der Waals surface area contributed by atoms with E-state index in [0.717, 1.165) is 5.92 Å². The van der Waals surface area contributed by atoms with Gasteiger partial charge in [-0.2, -0.15) is 0 Å². The van der Waals surface area contributed by atoms with Gasteiger partial charge < -0.3 is 0 Å². The highest BCUT2D eigenvalue weighted by Crippen LogP contribution is 2.35. The van der Waals surface area contributed by atoms with E-state index in [0.29, 0.717) is 0 Å². The van der Waals surface area contributed by atoms with Gasteiger partial charge in [-0.1, -0.05) is 55.7 Å². The molecule has 0 unspecified atom stereocenters. The first kappa shape index (κ1) is 9.89. The van der Waals surface area contributed by atoms with Crippen molar-refractivity contribution in [1.82, 2.24) is 0 Å². The molecule has 0 atom stereocenters. The summed E-state index contributed by atoms with van der Waals surface area (Å²) in [5.41, 5.74) is 1.55. The topological polar surface area (TPSA) is 0 Å². The van der Waals surface area contributed by atoms with Gasteiger partial charge in [-0.3, -0.25) is 0 Å². The van der Waals surface area contributed by atoms with Crippen molar-refractivity contribution in [2.24, 2.45) is 0 Å². The van der Waals surface area contributed by atoms with Crippen LogP contribution in [-0.4, -0.2) is 0 Å². The van der Waals surface area contributed by atoms with Crippen molar-refractivity contribution in [3.05, 3.63) is 48.0 Å². The fraction of sp³-hybridized carbons (Fsp3) is 0.375. The fourth-order valence-corrected chi connectivity index (χ4v) is 2.94. The Hall–Kier alpha value is -1.30. The van der Waals surface area contributed by atoms with Gasteiger partial charge in [0.05, 0.1) is 0 Å². The zero-order chi connectivity index (χ0) is 10.8. The van der Waals surface area contributed by atoms with E-state index in [4.69, 9.17) is 0 Å². The molecule has 0 heterocycles. The van der Waals surface area contributed by atoms with Crippen LogP contribution in [0.4, 0.5) is 0 Å². The maximum atomic E-state index is 3.33. The second-order valence-electron chi connectivity index (χ2n) is 4.81. The Labute approximate surface area is 97.3 Å². The first-order valence-corrected chi connectivity index (χ1v) is 6.34. The molecule has 0 aliphatic heterocycles. The van der Waals surface area contributed by atoms with E-state index < -0.39 is 0 Å². The van der Waals surface area contributed by atoms with E-state index >= 15 is 0 Å². The number of hydrogen-bond acceptors (Lipinski definition) is 0. The molecule has 0 saturated heterocycles. The Morgan fingerprint density at radius 3 is 2.62 bits per heavy atom. The third kappa shape index (κ3) is 1.73.